The van der Waals surface area contributed by atoms with Crippen molar-refractivity contribution >= 4 is 5.91 Å². The Kier molecular flexibility index (Phi) is 2.84. The number of rotatable bonds is 3. The highest BCUT2D eigenvalue weighted by Crippen LogP contribution is 2.40. The predicted octanol–water partition coefficient (Wildman–Crippen LogP) is 1.46. The van der Waals surface area contributed by atoms with Crippen molar-refractivity contribution in [1.29, 1.82) is 0 Å². The molecule has 1 aromatic heterocycles. The van der Waals surface area contributed by atoms with E-state index in [9.17, 15) is 4.79 Å². The molecule has 2 fully saturated rings. The summed E-state index contributed by atoms with van der Waals surface area (Å²) in [7, 11) is 0. The van der Waals surface area contributed by atoms with Gasteiger partial charge in [-0.2, -0.15) is 0 Å². The SMILES string of the molecule is O=C(N[C@H]1CCCOC1)c1cc(C2CC2)on1. The predicted molar refractivity (Wildman–Crippen MR) is 59.8 cm³/mol. The van der Waals surface area contributed by atoms with Crippen LogP contribution in [-0.2, 0) is 4.74 Å². The van der Waals surface area contributed by atoms with Crippen molar-refractivity contribution in [2.45, 2.75) is 37.6 Å². The second-order valence-electron chi connectivity index (χ2n) is 4.78. The van der Waals surface area contributed by atoms with Crippen molar-refractivity contribution in [3.63, 3.8) is 0 Å². The van der Waals surface area contributed by atoms with Crippen LogP contribution in [0.25, 0.3) is 0 Å². The zero-order chi connectivity index (χ0) is 11.7. The number of amides is 1. The fourth-order valence-electron chi connectivity index (χ4n) is 2.07. The zero-order valence-corrected chi connectivity index (χ0v) is 9.65. The first-order chi connectivity index (χ1) is 8.33. The van der Waals surface area contributed by atoms with Crippen molar-refractivity contribution in [3.8, 4) is 0 Å². The quantitative estimate of drug-likeness (QED) is 0.863. The number of hydrogen-bond acceptors (Lipinski definition) is 4. The van der Waals surface area contributed by atoms with E-state index >= 15 is 0 Å². The standard InChI is InChI=1S/C12H16N2O3/c15-12(13-9-2-1-5-16-7-9)10-6-11(17-14-10)8-3-4-8/h6,8-9H,1-5,7H2,(H,13,15)/t9-/m0/s1. The number of hydrogen-bond donors (Lipinski definition) is 1. The molecule has 1 N–H and O–H groups in total. The molecule has 1 atom stereocenters. The van der Waals surface area contributed by atoms with Crippen molar-refractivity contribution in [3.05, 3.63) is 17.5 Å². The summed E-state index contributed by atoms with van der Waals surface area (Å²) in [4.78, 5) is 11.9. The van der Waals surface area contributed by atoms with Gasteiger partial charge in [0.2, 0.25) is 0 Å². The van der Waals surface area contributed by atoms with Gasteiger partial charge in [-0.05, 0) is 25.7 Å². The first-order valence-electron chi connectivity index (χ1n) is 6.18. The summed E-state index contributed by atoms with van der Waals surface area (Å²) in [6.07, 6.45) is 4.26. The van der Waals surface area contributed by atoms with Gasteiger partial charge in [-0.1, -0.05) is 5.16 Å². The molecular weight excluding hydrogens is 220 g/mol. The van der Waals surface area contributed by atoms with Crippen LogP contribution in [0.1, 0.15) is 47.8 Å². The summed E-state index contributed by atoms with van der Waals surface area (Å²) in [6.45, 7) is 1.39. The summed E-state index contributed by atoms with van der Waals surface area (Å²) in [5, 5.41) is 6.74. The minimum Gasteiger partial charge on any atom is -0.379 e. The van der Waals surface area contributed by atoms with E-state index in [1.807, 2.05) is 0 Å². The van der Waals surface area contributed by atoms with Crippen molar-refractivity contribution < 1.29 is 14.1 Å². The largest absolute Gasteiger partial charge is 0.379 e. The van der Waals surface area contributed by atoms with Gasteiger partial charge in [-0.3, -0.25) is 4.79 Å². The van der Waals surface area contributed by atoms with E-state index in [2.05, 4.69) is 10.5 Å². The highest BCUT2D eigenvalue weighted by molar-refractivity contribution is 5.92. The van der Waals surface area contributed by atoms with E-state index in [1.165, 1.54) is 0 Å². The van der Waals surface area contributed by atoms with E-state index in [1.54, 1.807) is 6.07 Å². The molecule has 5 heteroatoms. The Morgan fingerprint density at radius 1 is 1.41 bits per heavy atom. The molecule has 1 aliphatic heterocycles. The molecule has 1 saturated carbocycles. The highest BCUT2D eigenvalue weighted by Gasteiger charge is 2.29. The molecule has 0 radical (unpaired) electrons. The number of nitrogens with one attached hydrogen (secondary N) is 1. The molecule has 2 heterocycles. The molecule has 5 nitrogen and oxygen atoms in total. The molecule has 0 spiro atoms. The highest BCUT2D eigenvalue weighted by atomic mass is 16.5. The van der Waals surface area contributed by atoms with Gasteiger partial charge in [-0.15, -0.1) is 0 Å². The molecular formula is C12H16N2O3. The molecule has 92 valence electrons. The second-order valence-corrected chi connectivity index (χ2v) is 4.78. The average molecular weight is 236 g/mol. The summed E-state index contributed by atoms with van der Waals surface area (Å²) < 4.78 is 10.5. The van der Waals surface area contributed by atoms with E-state index < -0.39 is 0 Å². The number of nitrogens with zero attached hydrogens (tertiary/aromatic N) is 1. The lowest BCUT2D eigenvalue weighted by Crippen LogP contribution is -2.40. The lowest BCUT2D eigenvalue weighted by molar-refractivity contribution is 0.0620. The van der Waals surface area contributed by atoms with Gasteiger partial charge in [0.15, 0.2) is 5.69 Å². The lowest BCUT2D eigenvalue weighted by Gasteiger charge is -2.22. The van der Waals surface area contributed by atoms with Crippen LogP contribution in [0.15, 0.2) is 10.6 Å². The molecule has 1 amide bonds. The molecule has 1 saturated heterocycles. The van der Waals surface area contributed by atoms with Crippen LogP contribution in [0.2, 0.25) is 0 Å². The molecule has 1 aromatic rings. The van der Waals surface area contributed by atoms with Gasteiger partial charge in [0, 0.05) is 18.6 Å². The third-order valence-corrected chi connectivity index (χ3v) is 3.24. The topological polar surface area (TPSA) is 64.4 Å². The van der Waals surface area contributed by atoms with Crippen LogP contribution < -0.4 is 5.32 Å². The number of carbonyl (C=O) groups excluding carboxylic acids is 1. The van der Waals surface area contributed by atoms with Gasteiger partial charge in [0.25, 0.3) is 5.91 Å². The van der Waals surface area contributed by atoms with Crippen LogP contribution in [0.4, 0.5) is 0 Å². The minimum atomic E-state index is -0.156. The minimum absolute atomic E-state index is 0.109. The summed E-state index contributed by atoms with van der Waals surface area (Å²) in [5.74, 6) is 1.17. The Balaban J connectivity index is 1.59. The van der Waals surface area contributed by atoms with Crippen LogP contribution in [-0.4, -0.2) is 30.3 Å². The van der Waals surface area contributed by atoms with Crippen LogP contribution in [0, 0.1) is 0 Å². The summed E-state index contributed by atoms with van der Waals surface area (Å²) in [6, 6.07) is 1.87. The maximum absolute atomic E-state index is 11.9. The smallest absolute Gasteiger partial charge is 0.273 e. The van der Waals surface area contributed by atoms with Crippen LogP contribution >= 0.6 is 0 Å². The molecule has 0 bridgehead atoms. The van der Waals surface area contributed by atoms with Crippen molar-refractivity contribution in [2.75, 3.05) is 13.2 Å². The second kappa shape index (κ2) is 4.49. The third kappa shape index (κ3) is 2.49. The van der Waals surface area contributed by atoms with E-state index in [0.29, 0.717) is 18.2 Å². The lowest BCUT2D eigenvalue weighted by atomic mass is 10.1. The summed E-state index contributed by atoms with van der Waals surface area (Å²) in [5.41, 5.74) is 0.387. The van der Waals surface area contributed by atoms with Gasteiger partial charge >= 0.3 is 0 Å². The van der Waals surface area contributed by atoms with E-state index in [4.69, 9.17) is 9.26 Å². The Morgan fingerprint density at radius 3 is 3.00 bits per heavy atom. The summed E-state index contributed by atoms with van der Waals surface area (Å²) >= 11 is 0. The molecule has 3 rings (SSSR count). The maximum atomic E-state index is 11.9. The Labute approximate surface area is 99.5 Å². The van der Waals surface area contributed by atoms with Crippen molar-refractivity contribution in [2.24, 2.45) is 0 Å². The Hall–Kier alpha value is -1.36. The maximum Gasteiger partial charge on any atom is 0.273 e. The molecule has 0 aromatic carbocycles. The van der Waals surface area contributed by atoms with Crippen LogP contribution in [0.3, 0.4) is 0 Å². The number of carbonyl (C=O) groups is 1. The number of ether oxygens (including phenoxy) is 1. The van der Waals surface area contributed by atoms with Gasteiger partial charge in [0.05, 0.1) is 12.6 Å². The third-order valence-electron chi connectivity index (χ3n) is 3.24. The Bertz CT molecular complexity index is 406. The fraction of sp³-hybridized carbons (Fsp3) is 0.667. The van der Waals surface area contributed by atoms with Crippen molar-refractivity contribution in [1.82, 2.24) is 10.5 Å². The molecule has 1 aliphatic carbocycles. The number of aromatic nitrogens is 1. The monoisotopic (exact) mass is 236 g/mol. The molecule has 2 aliphatic rings. The fourth-order valence-corrected chi connectivity index (χ4v) is 2.07. The van der Waals surface area contributed by atoms with Gasteiger partial charge in [0.1, 0.15) is 5.76 Å². The van der Waals surface area contributed by atoms with Gasteiger partial charge in [-0.25, -0.2) is 0 Å². The average Bonchev–Trinajstić information content (AvgIpc) is 3.08. The first kappa shape index (κ1) is 10.8. The van der Waals surface area contributed by atoms with E-state index in [0.717, 1.165) is 38.1 Å². The normalized spacial score (nSPS) is 24.6. The van der Waals surface area contributed by atoms with Gasteiger partial charge < -0.3 is 14.6 Å². The van der Waals surface area contributed by atoms with Crippen LogP contribution in [0.5, 0.6) is 0 Å². The zero-order valence-electron chi connectivity index (χ0n) is 9.65. The Morgan fingerprint density at radius 2 is 2.29 bits per heavy atom. The van der Waals surface area contributed by atoms with E-state index in [-0.39, 0.29) is 11.9 Å². The molecule has 17 heavy (non-hydrogen) atoms. The first-order valence-corrected chi connectivity index (χ1v) is 6.18. The molecule has 0 unspecified atom stereocenters.